The number of thiophene rings is 1. The van der Waals surface area contributed by atoms with Gasteiger partial charge < -0.3 is 15.1 Å². The largest absolute Gasteiger partial charge is 0.505 e. The molecule has 0 bridgehead atoms. The van der Waals surface area contributed by atoms with Crippen LogP contribution < -0.4 is 15.6 Å². The maximum absolute atomic E-state index is 13.3. The molecule has 1 unspecified atom stereocenters. The van der Waals surface area contributed by atoms with Crippen molar-refractivity contribution < 1.29 is 9.32 Å². The SMILES string of the molecule is CCSNc1ccc2c(c1)S(=O)N=C(c1c(O)c(-c3cccs3)nn(CCC3CC3)c1=O)N2. The van der Waals surface area contributed by atoms with Crippen LogP contribution in [0.2, 0.25) is 0 Å². The van der Waals surface area contributed by atoms with Gasteiger partial charge in [-0.2, -0.15) is 9.50 Å². The molecule has 172 valence electrons. The van der Waals surface area contributed by atoms with E-state index in [1.54, 1.807) is 12.1 Å². The van der Waals surface area contributed by atoms with E-state index in [-0.39, 0.29) is 17.1 Å². The molecule has 1 fully saturated rings. The average molecular weight is 502 g/mol. The minimum Gasteiger partial charge on any atom is -0.505 e. The lowest BCUT2D eigenvalue weighted by Gasteiger charge is -2.20. The first-order valence-corrected chi connectivity index (χ1v) is 13.7. The molecular formula is C22H23N5O3S3. The van der Waals surface area contributed by atoms with E-state index in [1.165, 1.54) is 40.8 Å². The molecule has 1 aromatic carbocycles. The second kappa shape index (κ2) is 9.32. The molecule has 0 saturated heterocycles. The summed E-state index contributed by atoms with van der Waals surface area (Å²) >= 11 is 2.97. The lowest BCUT2D eigenvalue weighted by atomic mass is 10.1. The summed E-state index contributed by atoms with van der Waals surface area (Å²) in [5, 5.41) is 20.5. The molecule has 2 aliphatic rings. The van der Waals surface area contributed by atoms with Crippen molar-refractivity contribution in [2.45, 2.75) is 37.6 Å². The highest BCUT2D eigenvalue weighted by molar-refractivity contribution is 8.00. The number of aromatic nitrogens is 2. The van der Waals surface area contributed by atoms with Gasteiger partial charge in [0.25, 0.3) is 5.56 Å². The number of amidine groups is 1. The standard InChI is InChI=1S/C22H23N5O3S3/c1-2-32-25-14-7-8-15-17(12-14)33(30)26-21(23-15)18-20(28)19(16-4-3-11-31-16)24-27(22(18)29)10-9-13-5-6-13/h3-4,7-8,11-13,25,28H,2,5-6,9-10H2,1H3,(H,23,26). The Labute approximate surface area is 201 Å². The predicted molar refractivity (Wildman–Crippen MR) is 136 cm³/mol. The molecule has 3 aromatic rings. The van der Waals surface area contributed by atoms with Gasteiger partial charge in [-0.15, -0.1) is 11.3 Å². The van der Waals surface area contributed by atoms with Crippen molar-refractivity contribution in [1.82, 2.24) is 9.78 Å². The zero-order valence-corrected chi connectivity index (χ0v) is 20.4. The Morgan fingerprint density at radius 1 is 1.36 bits per heavy atom. The van der Waals surface area contributed by atoms with Gasteiger partial charge in [-0.3, -0.25) is 4.79 Å². The Morgan fingerprint density at radius 2 is 2.21 bits per heavy atom. The number of anilines is 2. The number of aromatic hydroxyl groups is 1. The lowest BCUT2D eigenvalue weighted by Crippen LogP contribution is -2.33. The molecule has 0 spiro atoms. The van der Waals surface area contributed by atoms with Crippen LogP contribution in [0.15, 0.2) is 49.8 Å². The van der Waals surface area contributed by atoms with E-state index in [0.29, 0.717) is 28.7 Å². The Bertz CT molecular complexity index is 1300. The van der Waals surface area contributed by atoms with Crippen LogP contribution in [0, 0.1) is 5.92 Å². The predicted octanol–water partition coefficient (Wildman–Crippen LogP) is 4.45. The van der Waals surface area contributed by atoms with Crippen molar-refractivity contribution in [3.63, 3.8) is 0 Å². The third kappa shape index (κ3) is 4.57. The number of nitrogens with zero attached hydrogens (tertiary/aromatic N) is 3. The maximum atomic E-state index is 13.3. The van der Waals surface area contributed by atoms with Crippen molar-refractivity contribution in [3.05, 3.63) is 51.6 Å². The minimum absolute atomic E-state index is 0.00747. The van der Waals surface area contributed by atoms with Crippen LogP contribution in [0.1, 0.15) is 31.7 Å². The van der Waals surface area contributed by atoms with E-state index in [1.807, 2.05) is 30.5 Å². The van der Waals surface area contributed by atoms with E-state index in [4.69, 9.17) is 0 Å². The number of rotatable bonds is 8. The maximum Gasteiger partial charge on any atom is 0.281 e. The highest BCUT2D eigenvalue weighted by Gasteiger charge is 2.28. The van der Waals surface area contributed by atoms with E-state index in [9.17, 15) is 14.1 Å². The molecule has 1 saturated carbocycles. The van der Waals surface area contributed by atoms with Gasteiger partial charge in [0.2, 0.25) is 0 Å². The molecule has 1 aliphatic carbocycles. The van der Waals surface area contributed by atoms with E-state index < -0.39 is 16.5 Å². The van der Waals surface area contributed by atoms with Crippen molar-refractivity contribution in [2.24, 2.45) is 10.3 Å². The number of aryl methyl sites for hydroxylation is 1. The van der Waals surface area contributed by atoms with Gasteiger partial charge in [0.05, 0.1) is 15.5 Å². The molecule has 5 rings (SSSR count). The highest BCUT2D eigenvalue weighted by atomic mass is 32.2. The fraction of sp³-hybridized carbons (Fsp3) is 0.318. The van der Waals surface area contributed by atoms with E-state index in [0.717, 1.165) is 22.7 Å². The Morgan fingerprint density at radius 3 is 2.94 bits per heavy atom. The van der Waals surface area contributed by atoms with Crippen LogP contribution >= 0.6 is 23.3 Å². The number of fused-ring (bicyclic) bond motifs is 1. The number of hydrogen-bond acceptors (Lipinski definition) is 8. The number of nitrogens with one attached hydrogen (secondary N) is 2. The van der Waals surface area contributed by atoms with Crippen molar-refractivity contribution >= 4 is 51.5 Å². The molecule has 3 N–H and O–H groups in total. The third-order valence-corrected chi connectivity index (χ3v) is 8.11. The summed E-state index contributed by atoms with van der Waals surface area (Å²) in [5.74, 6) is 1.35. The summed E-state index contributed by atoms with van der Waals surface area (Å²) in [6.45, 7) is 2.50. The zero-order chi connectivity index (χ0) is 22.9. The molecule has 2 aromatic heterocycles. The van der Waals surface area contributed by atoms with Gasteiger partial charge in [0.1, 0.15) is 11.3 Å². The summed E-state index contributed by atoms with van der Waals surface area (Å²) in [5.41, 5.74) is 1.28. The first-order valence-electron chi connectivity index (χ1n) is 10.7. The van der Waals surface area contributed by atoms with Crippen molar-refractivity contribution in [1.29, 1.82) is 0 Å². The van der Waals surface area contributed by atoms with Gasteiger partial charge in [0.15, 0.2) is 22.6 Å². The summed E-state index contributed by atoms with van der Waals surface area (Å²) in [4.78, 5) is 14.6. The first-order chi connectivity index (χ1) is 16.0. The second-order valence-corrected chi connectivity index (χ2v) is 11.0. The number of hydrogen-bond donors (Lipinski definition) is 3. The molecule has 11 heteroatoms. The molecule has 0 radical (unpaired) electrons. The monoisotopic (exact) mass is 501 g/mol. The molecule has 33 heavy (non-hydrogen) atoms. The molecular weight excluding hydrogens is 478 g/mol. The zero-order valence-electron chi connectivity index (χ0n) is 17.9. The summed E-state index contributed by atoms with van der Waals surface area (Å²) < 4.78 is 21.8. The lowest BCUT2D eigenvalue weighted by molar-refractivity contribution is 0.455. The van der Waals surface area contributed by atoms with Crippen LogP contribution in [0.25, 0.3) is 10.6 Å². The van der Waals surface area contributed by atoms with Crippen LogP contribution in [0.4, 0.5) is 11.4 Å². The smallest absolute Gasteiger partial charge is 0.281 e. The Kier molecular flexibility index (Phi) is 6.26. The fourth-order valence-corrected chi connectivity index (χ4v) is 5.68. The Balaban J connectivity index is 1.56. The van der Waals surface area contributed by atoms with Crippen molar-refractivity contribution in [2.75, 3.05) is 15.8 Å². The summed E-state index contributed by atoms with van der Waals surface area (Å²) in [7, 11) is -1.73. The van der Waals surface area contributed by atoms with Crippen LogP contribution in [0.5, 0.6) is 5.75 Å². The van der Waals surface area contributed by atoms with Gasteiger partial charge in [-0.25, -0.2) is 8.89 Å². The molecule has 1 aliphatic heterocycles. The highest BCUT2D eigenvalue weighted by Crippen LogP contribution is 2.36. The molecule has 1 atom stereocenters. The molecule has 3 heterocycles. The minimum atomic E-state index is -1.73. The fourth-order valence-electron chi connectivity index (χ4n) is 3.60. The third-order valence-electron chi connectivity index (χ3n) is 5.50. The summed E-state index contributed by atoms with van der Waals surface area (Å²) in [6.07, 6.45) is 3.21. The van der Waals surface area contributed by atoms with Crippen LogP contribution in [-0.4, -0.2) is 30.7 Å². The average Bonchev–Trinajstić information content (AvgIpc) is 3.48. The molecule has 0 amide bonds. The summed E-state index contributed by atoms with van der Waals surface area (Å²) in [6, 6.07) is 9.15. The van der Waals surface area contributed by atoms with Crippen LogP contribution in [-0.2, 0) is 17.5 Å². The van der Waals surface area contributed by atoms with E-state index in [2.05, 4.69) is 19.5 Å². The van der Waals surface area contributed by atoms with Gasteiger partial charge in [-0.05, 0) is 42.0 Å². The Hall–Kier alpha value is -2.63. The normalized spacial score (nSPS) is 17.2. The van der Waals surface area contributed by atoms with Crippen LogP contribution in [0.3, 0.4) is 0 Å². The van der Waals surface area contributed by atoms with Gasteiger partial charge >= 0.3 is 0 Å². The van der Waals surface area contributed by atoms with Gasteiger partial charge in [-0.1, -0.05) is 37.8 Å². The van der Waals surface area contributed by atoms with Gasteiger partial charge in [0, 0.05) is 18.0 Å². The van der Waals surface area contributed by atoms with E-state index >= 15 is 0 Å². The second-order valence-electron chi connectivity index (χ2n) is 7.87. The topological polar surface area (TPSA) is 109 Å². The van der Waals surface area contributed by atoms with Crippen molar-refractivity contribution in [3.8, 4) is 16.3 Å². The first kappa shape index (κ1) is 22.2. The quantitative estimate of drug-likeness (QED) is 0.391. The number of benzene rings is 1. The molecule has 8 nitrogen and oxygen atoms in total.